The lowest BCUT2D eigenvalue weighted by atomic mass is 10.2. The second kappa shape index (κ2) is 4.83. The molecule has 1 aliphatic rings. The number of nitrogens with one attached hydrogen (secondary N) is 1. The van der Waals surface area contributed by atoms with Gasteiger partial charge in [0.25, 0.3) is 0 Å². The Bertz CT molecular complexity index is 127. The molecule has 1 aliphatic carbocycles. The van der Waals surface area contributed by atoms with Crippen molar-refractivity contribution in [3.8, 4) is 0 Å². The molecule has 2 heteroatoms. The largest absolute Gasteiger partial charge is 0.385 e. The van der Waals surface area contributed by atoms with Gasteiger partial charge in [-0.2, -0.15) is 0 Å². The van der Waals surface area contributed by atoms with Gasteiger partial charge in [-0.05, 0) is 38.1 Å². The van der Waals surface area contributed by atoms with Gasteiger partial charge < -0.3 is 10.1 Å². The van der Waals surface area contributed by atoms with Crippen molar-refractivity contribution in [1.82, 2.24) is 5.32 Å². The van der Waals surface area contributed by atoms with Gasteiger partial charge in [0.15, 0.2) is 0 Å². The summed E-state index contributed by atoms with van der Waals surface area (Å²) in [6.45, 7) is 6.62. The van der Waals surface area contributed by atoms with Crippen LogP contribution in [0.2, 0.25) is 0 Å². The fourth-order valence-corrected chi connectivity index (χ4v) is 1.43. The van der Waals surface area contributed by atoms with Crippen molar-refractivity contribution < 1.29 is 4.74 Å². The molecule has 2 nitrogen and oxygen atoms in total. The number of hydrogen-bond acceptors (Lipinski definition) is 2. The number of hydrogen-bond donors (Lipinski definition) is 1. The van der Waals surface area contributed by atoms with Crippen LogP contribution in [0.5, 0.6) is 0 Å². The van der Waals surface area contributed by atoms with Crippen molar-refractivity contribution in [1.29, 1.82) is 0 Å². The van der Waals surface area contributed by atoms with E-state index in [0.29, 0.717) is 6.04 Å². The molecule has 12 heavy (non-hydrogen) atoms. The molecule has 0 bridgehead atoms. The zero-order valence-corrected chi connectivity index (χ0v) is 8.47. The third kappa shape index (κ3) is 3.55. The van der Waals surface area contributed by atoms with Crippen molar-refractivity contribution in [3.05, 3.63) is 0 Å². The van der Waals surface area contributed by atoms with E-state index in [0.717, 1.165) is 24.9 Å². The molecule has 0 aromatic rings. The van der Waals surface area contributed by atoms with Gasteiger partial charge >= 0.3 is 0 Å². The normalized spacial score (nSPS) is 30.2. The fourth-order valence-electron chi connectivity index (χ4n) is 1.43. The summed E-state index contributed by atoms with van der Waals surface area (Å²) in [7, 11) is 1.76. The topological polar surface area (TPSA) is 21.3 Å². The smallest absolute Gasteiger partial charge is 0.0476 e. The van der Waals surface area contributed by atoms with E-state index < -0.39 is 0 Å². The molecule has 0 spiro atoms. The van der Waals surface area contributed by atoms with Crippen LogP contribution in [0.15, 0.2) is 0 Å². The van der Waals surface area contributed by atoms with Crippen molar-refractivity contribution in [2.24, 2.45) is 11.8 Å². The van der Waals surface area contributed by atoms with Crippen molar-refractivity contribution in [2.75, 3.05) is 20.3 Å². The highest BCUT2D eigenvalue weighted by molar-refractivity contribution is 4.84. The van der Waals surface area contributed by atoms with E-state index in [-0.39, 0.29) is 0 Å². The van der Waals surface area contributed by atoms with Crippen LogP contribution in [-0.2, 0) is 4.74 Å². The standard InChI is InChI=1S/C10H21NO/c1-8-6-10(8)7-11-9(2)4-5-12-3/h8-11H,4-7H2,1-3H3. The Labute approximate surface area is 75.7 Å². The second-order valence-electron chi connectivity index (χ2n) is 4.06. The lowest BCUT2D eigenvalue weighted by Gasteiger charge is -2.12. The van der Waals surface area contributed by atoms with E-state index in [1.54, 1.807) is 7.11 Å². The summed E-state index contributed by atoms with van der Waals surface area (Å²) in [6.07, 6.45) is 2.54. The molecule has 0 aliphatic heterocycles. The molecular weight excluding hydrogens is 150 g/mol. The average Bonchev–Trinajstić information content (AvgIpc) is 2.75. The van der Waals surface area contributed by atoms with Crippen molar-refractivity contribution >= 4 is 0 Å². The molecular formula is C10H21NO. The van der Waals surface area contributed by atoms with Crippen LogP contribution >= 0.6 is 0 Å². The van der Waals surface area contributed by atoms with Gasteiger partial charge in [0.05, 0.1) is 0 Å². The lowest BCUT2D eigenvalue weighted by Crippen LogP contribution is -2.29. The van der Waals surface area contributed by atoms with Gasteiger partial charge in [0.1, 0.15) is 0 Å². The Morgan fingerprint density at radius 3 is 2.75 bits per heavy atom. The Morgan fingerprint density at radius 1 is 1.58 bits per heavy atom. The van der Waals surface area contributed by atoms with E-state index in [9.17, 15) is 0 Å². The summed E-state index contributed by atoms with van der Waals surface area (Å²) in [4.78, 5) is 0. The molecule has 3 atom stereocenters. The highest BCUT2D eigenvalue weighted by Gasteiger charge is 2.31. The summed E-state index contributed by atoms with van der Waals surface area (Å²) in [5.74, 6) is 1.92. The zero-order valence-electron chi connectivity index (χ0n) is 8.47. The maximum atomic E-state index is 5.02. The van der Waals surface area contributed by atoms with Gasteiger partial charge in [-0.3, -0.25) is 0 Å². The van der Waals surface area contributed by atoms with Crippen LogP contribution in [0.4, 0.5) is 0 Å². The highest BCUT2D eigenvalue weighted by Crippen LogP contribution is 2.36. The average molecular weight is 171 g/mol. The van der Waals surface area contributed by atoms with Crippen molar-refractivity contribution in [2.45, 2.75) is 32.7 Å². The number of rotatable bonds is 6. The van der Waals surface area contributed by atoms with Gasteiger partial charge in [-0.15, -0.1) is 0 Å². The van der Waals surface area contributed by atoms with Crippen molar-refractivity contribution in [3.63, 3.8) is 0 Å². The first kappa shape index (κ1) is 10.0. The van der Waals surface area contributed by atoms with E-state index in [1.807, 2.05) is 0 Å². The molecule has 1 saturated carbocycles. The predicted octanol–water partition coefficient (Wildman–Crippen LogP) is 1.66. The minimum atomic E-state index is 0.609. The van der Waals surface area contributed by atoms with E-state index in [4.69, 9.17) is 4.74 Å². The molecule has 1 fully saturated rings. The van der Waals surface area contributed by atoms with Gasteiger partial charge in [-0.1, -0.05) is 6.92 Å². The molecule has 72 valence electrons. The molecule has 3 unspecified atom stereocenters. The molecule has 1 N–H and O–H groups in total. The van der Waals surface area contributed by atoms with Crippen LogP contribution < -0.4 is 5.32 Å². The Balaban J connectivity index is 1.91. The summed E-state index contributed by atoms with van der Waals surface area (Å²) in [5, 5.41) is 3.53. The molecule has 0 amide bonds. The monoisotopic (exact) mass is 171 g/mol. The van der Waals surface area contributed by atoms with Crippen LogP contribution in [0, 0.1) is 11.8 Å². The second-order valence-corrected chi connectivity index (χ2v) is 4.06. The Morgan fingerprint density at radius 2 is 2.25 bits per heavy atom. The predicted molar refractivity (Wildman–Crippen MR) is 51.2 cm³/mol. The summed E-state index contributed by atoms with van der Waals surface area (Å²) >= 11 is 0. The quantitative estimate of drug-likeness (QED) is 0.656. The lowest BCUT2D eigenvalue weighted by molar-refractivity contribution is 0.184. The molecule has 1 rings (SSSR count). The molecule has 0 aromatic heterocycles. The summed E-state index contributed by atoms with van der Waals surface area (Å²) in [6, 6.07) is 0.609. The molecule has 0 saturated heterocycles. The SMILES string of the molecule is COCCC(C)NCC1CC1C. The number of methoxy groups -OCH3 is 1. The minimum absolute atomic E-state index is 0.609. The van der Waals surface area contributed by atoms with Crippen LogP contribution in [0.1, 0.15) is 26.7 Å². The molecule has 0 radical (unpaired) electrons. The first-order valence-corrected chi connectivity index (χ1v) is 4.96. The summed E-state index contributed by atoms with van der Waals surface area (Å²) in [5.41, 5.74) is 0. The van der Waals surface area contributed by atoms with Crippen LogP contribution in [0.3, 0.4) is 0 Å². The van der Waals surface area contributed by atoms with Crippen LogP contribution in [0.25, 0.3) is 0 Å². The number of ether oxygens (including phenoxy) is 1. The Hall–Kier alpha value is -0.0800. The van der Waals surface area contributed by atoms with E-state index in [2.05, 4.69) is 19.2 Å². The third-order valence-electron chi connectivity index (χ3n) is 2.76. The maximum Gasteiger partial charge on any atom is 0.0476 e. The highest BCUT2D eigenvalue weighted by atomic mass is 16.5. The summed E-state index contributed by atoms with van der Waals surface area (Å²) < 4.78 is 5.02. The molecule has 0 aromatic carbocycles. The maximum absolute atomic E-state index is 5.02. The Kier molecular flexibility index (Phi) is 4.02. The fraction of sp³-hybridized carbons (Fsp3) is 1.00. The van der Waals surface area contributed by atoms with E-state index >= 15 is 0 Å². The van der Waals surface area contributed by atoms with Gasteiger partial charge in [0, 0.05) is 19.8 Å². The van der Waals surface area contributed by atoms with E-state index in [1.165, 1.54) is 13.0 Å². The first-order valence-electron chi connectivity index (χ1n) is 4.96. The zero-order chi connectivity index (χ0) is 8.97. The molecule has 0 heterocycles. The van der Waals surface area contributed by atoms with Crippen LogP contribution in [-0.4, -0.2) is 26.3 Å². The van der Waals surface area contributed by atoms with Gasteiger partial charge in [-0.25, -0.2) is 0 Å². The van der Waals surface area contributed by atoms with Gasteiger partial charge in [0.2, 0.25) is 0 Å². The third-order valence-corrected chi connectivity index (χ3v) is 2.76. The minimum Gasteiger partial charge on any atom is -0.385 e. The first-order chi connectivity index (χ1) is 5.74.